The van der Waals surface area contributed by atoms with E-state index in [0.29, 0.717) is 5.75 Å². The fraction of sp³-hybridized carbons (Fsp3) is 0.235. The van der Waals surface area contributed by atoms with Crippen molar-refractivity contribution in [2.24, 2.45) is 0 Å². The molecule has 2 aromatic rings. The number of rotatable bonds is 10. The molecule has 0 aliphatic rings. The topological polar surface area (TPSA) is 189 Å². The van der Waals surface area contributed by atoms with Gasteiger partial charge >= 0.3 is 23.5 Å². The van der Waals surface area contributed by atoms with Crippen LogP contribution in [-0.2, 0) is 4.79 Å². The Balaban J connectivity index is 2.45. The smallest absolute Gasteiger partial charge is 0.349 e. The second-order valence-corrected chi connectivity index (χ2v) is 6.67. The molecule has 2 rings (SSSR count). The van der Waals surface area contributed by atoms with Gasteiger partial charge in [0.1, 0.15) is 23.6 Å². The van der Waals surface area contributed by atoms with Crippen molar-refractivity contribution in [2.45, 2.75) is 12.5 Å². The lowest BCUT2D eigenvalue weighted by Gasteiger charge is -2.14. The Morgan fingerprint density at radius 2 is 2.17 bits per heavy atom. The first-order valence-corrected chi connectivity index (χ1v) is 9.61. The second kappa shape index (κ2) is 10.0. The van der Waals surface area contributed by atoms with Crippen molar-refractivity contribution in [3.63, 3.8) is 0 Å². The fourth-order valence-corrected chi connectivity index (χ4v) is 2.71. The summed E-state index contributed by atoms with van der Waals surface area (Å²) in [5.74, 6) is -3.22. The highest BCUT2D eigenvalue weighted by Crippen LogP contribution is 2.32. The minimum absolute atomic E-state index is 0.0630. The zero-order valence-electron chi connectivity index (χ0n) is 15.4. The Morgan fingerprint density at radius 3 is 2.73 bits per heavy atom. The largest absolute Gasteiger partial charge is 0.480 e. The van der Waals surface area contributed by atoms with E-state index in [1.54, 1.807) is 0 Å². The lowest BCUT2D eigenvalue weighted by Crippen LogP contribution is -2.30. The van der Waals surface area contributed by atoms with E-state index in [4.69, 9.17) is 10.00 Å². The first-order chi connectivity index (χ1) is 14.3. The number of hydrogen-bond donors (Lipinski definition) is 3. The number of nitrogens with zero attached hydrogens (tertiary/aromatic N) is 4. The highest BCUT2D eigenvalue weighted by Gasteiger charge is 2.24. The molecule has 0 spiro atoms. The monoisotopic (exact) mass is 433 g/mol. The van der Waals surface area contributed by atoms with Gasteiger partial charge in [0.05, 0.1) is 16.6 Å². The van der Waals surface area contributed by atoms with Crippen LogP contribution in [0.3, 0.4) is 0 Å². The van der Waals surface area contributed by atoms with Crippen LogP contribution in [0, 0.1) is 21.4 Å². The van der Waals surface area contributed by atoms with Crippen LogP contribution in [0.1, 0.15) is 22.3 Å². The van der Waals surface area contributed by atoms with Crippen molar-refractivity contribution in [3.8, 4) is 17.7 Å². The molecular formula is C17H15N5O7S. The number of ether oxygens (including phenoxy) is 1. The van der Waals surface area contributed by atoms with Crippen molar-refractivity contribution >= 4 is 35.3 Å². The Morgan fingerprint density at radius 1 is 1.43 bits per heavy atom. The predicted molar refractivity (Wildman–Crippen MR) is 105 cm³/mol. The summed E-state index contributed by atoms with van der Waals surface area (Å²) in [6.07, 6.45) is 2.86. The summed E-state index contributed by atoms with van der Waals surface area (Å²) < 4.78 is 5.35. The minimum atomic E-state index is -1.38. The van der Waals surface area contributed by atoms with E-state index in [2.05, 4.69) is 15.3 Å². The number of aromatic nitrogens is 2. The predicted octanol–water partition coefficient (Wildman–Crippen LogP) is 2.37. The van der Waals surface area contributed by atoms with E-state index >= 15 is 0 Å². The number of benzene rings is 1. The molecule has 0 amide bonds. The van der Waals surface area contributed by atoms with Crippen LogP contribution in [-0.4, -0.2) is 55.1 Å². The molecule has 13 heteroatoms. The molecule has 0 aliphatic heterocycles. The first-order valence-electron chi connectivity index (χ1n) is 8.21. The lowest BCUT2D eigenvalue weighted by molar-refractivity contribution is -0.386. The third-order valence-electron chi connectivity index (χ3n) is 3.69. The molecule has 1 atom stereocenters. The molecule has 3 N–H and O–H groups in total. The number of anilines is 1. The number of aliphatic carboxylic acids is 1. The van der Waals surface area contributed by atoms with Crippen LogP contribution in [0.15, 0.2) is 24.4 Å². The standard InChI is InChI=1S/C17H15N5O7S/c1-30-5-4-11(16(25)26)20-17-19-8-12(22(27)28)14(21-17)29-13-6-9(7-18)2-3-10(13)15(23)24/h2-3,6,8,11H,4-5H2,1H3,(H,23,24)(H,25,26)(H,19,20,21). The van der Waals surface area contributed by atoms with Gasteiger partial charge in [-0.25, -0.2) is 14.6 Å². The molecule has 0 radical (unpaired) electrons. The van der Waals surface area contributed by atoms with Gasteiger partial charge in [-0.15, -0.1) is 0 Å². The van der Waals surface area contributed by atoms with Gasteiger partial charge in [-0.3, -0.25) is 10.1 Å². The van der Waals surface area contributed by atoms with Crippen LogP contribution in [0.5, 0.6) is 11.6 Å². The summed E-state index contributed by atoms with van der Waals surface area (Å²) in [5, 5.41) is 41.5. The average molecular weight is 433 g/mol. The van der Waals surface area contributed by atoms with Gasteiger partial charge in [0.25, 0.3) is 0 Å². The summed E-state index contributed by atoms with van der Waals surface area (Å²) in [6.45, 7) is 0. The summed E-state index contributed by atoms with van der Waals surface area (Å²) in [7, 11) is 0. The molecule has 1 aromatic carbocycles. The molecular weight excluding hydrogens is 418 g/mol. The maximum Gasteiger partial charge on any atom is 0.349 e. The van der Waals surface area contributed by atoms with Gasteiger partial charge in [-0.1, -0.05) is 0 Å². The van der Waals surface area contributed by atoms with E-state index in [9.17, 15) is 29.9 Å². The van der Waals surface area contributed by atoms with Crippen LogP contribution in [0.2, 0.25) is 0 Å². The van der Waals surface area contributed by atoms with Crippen molar-refractivity contribution in [3.05, 3.63) is 45.6 Å². The molecule has 1 heterocycles. The number of thioether (sulfide) groups is 1. The van der Waals surface area contributed by atoms with Gasteiger partial charge in [0, 0.05) is 0 Å². The molecule has 1 aromatic heterocycles. The fourth-order valence-electron chi connectivity index (χ4n) is 2.24. The Labute approximate surface area is 173 Å². The van der Waals surface area contributed by atoms with Gasteiger partial charge in [-0.05, 0) is 36.6 Å². The second-order valence-electron chi connectivity index (χ2n) is 5.69. The first kappa shape index (κ1) is 22.4. The molecule has 0 fully saturated rings. The normalized spacial score (nSPS) is 11.2. The number of nitro groups is 1. The lowest BCUT2D eigenvalue weighted by atomic mass is 10.1. The van der Waals surface area contributed by atoms with E-state index in [1.807, 2.05) is 12.3 Å². The van der Waals surface area contributed by atoms with Gasteiger partial charge < -0.3 is 20.3 Å². The number of nitrogens with one attached hydrogen (secondary N) is 1. The summed E-state index contributed by atoms with van der Waals surface area (Å²) in [5.41, 5.74) is -0.955. The van der Waals surface area contributed by atoms with Crippen LogP contribution < -0.4 is 10.1 Å². The maximum atomic E-state index is 11.4. The van der Waals surface area contributed by atoms with E-state index in [1.165, 1.54) is 17.8 Å². The van der Waals surface area contributed by atoms with Crippen molar-refractivity contribution in [1.82, 2.24) is 9.97 Å². The number of carboxylic acid groups (broad SMARTS) is 2. The summed E-state index contributed by atoms with van der Waals surface area (Å²) in [6, 6.07) is 4.22. The molecule has 0 saturated carbocycles. The van der Waals surface area contributed by atoms with Crippen LogP contribution >= 0.6 is 11.8 Å². The number of aromatic carboxylic acids is 1. The zero-order chi connectivity index (χ0) is 22.3. The van der Waals surface area contributed by atoms with Crippen LogP contribution in [0.25, 0.3) is 0 Å². The van der Waals surface area contributed by atoms with Gasteiger partial charge in [0.15, 0.2) is 0 Å². The Kier molecular flexibility index (Phi) is 7.48. The summed E-state index contributed by atoms with van der Waals surface area (Å²) in [4.78, 5) is 40.8. The molecule has 156 valence electrons. The quantitative estimate of drug-likeness (QED) is 0.367. The highest BCUT2D eigenvalue weighted by molar-refractivity contribution is 7.98. The van der Waals surface area contributed by atoms with E-state index in [0.717, 1.165) is 18.3 Å². The van der Waals surface area contributed by atoms with Crippen molar-refractivity contribution < 1.29 is 29.5 Å². The molecule has 1 unspecified atom stereocenters. The Hall–Kier alpha value is -3.92. The van der Waals surface area contributed by atoms with Gasteiger partial charge in [0.2, 0.25) is 5.95 Å². The molecule has 12 nitrogen and oxygen atoms in total. The highest BCUT2D eigenvalue weighted by atomic mass is 32.2. The van der Waals surface area contributed by atoms with E-state index in [-0.39, 0.29) is 29.2 Å². The maximum absolute atomic E-state index is 11.4. The third-order valence-corrected chi connectivity index (χ3v) is 4.34. The molecule has 0 saturated heterocycles. The number of carboxylic acids is 2. The zero-order valence-corrected chi connectivity index (χ0v) is 16.3. The minimum Gasteiger partial charge on any atom is -0.480 e. The molecule has 0 aliphatic carbocycles. The number of carbonyl (C=O) groups is 2. The molecule has 0 bridgehead atoms. The van der Waals surface area contributed by atoms with E-state index < -0.39 is 34.5 Å². The average Bonchev–Trinajstić information content (AvgIpc) is 2.70. The van der Waals surface area contributed by atoms with Crippen molar-refractivity contribution in [1.29, 1.82) is 5.26 Å². The van der Waals surface area contributed by atoms with Gasteiger partial charge in [-0.2, -0.15) is 22.0 Å². The third kappa shape index (κ3) is 5.55. The Bertz CT molecular complexity index is 1020. The van der Waals surface area contributed by atoms with Crippen LogP contribution in [0.4, 0.5) is 11.6 Å². The number of hydrogen-bond acceptors (Lipinski definition) is 10. The number of nitriles is 1. The SMILES string of the molecule is CSCCC(Nc1ncc([N+](=O)[O-])c(Oc2cc(C#N)ccc2C(=O)O)n1)C(=O)O. The van der Waals surface area contributed by atoms with Crippen molar-refractivity contribution in [2.75, 3.05) is 17.3 Å². The molecule has 30 heavy (non-hydrogen) atoms. The summed E-state index contributed by atoms with van der Waals surface area (Å²) >= 11 is 1.44.